The van der Waals surface area contributed by atoms with E-state index in [1.54, 1.807) is 0 Å². The Morgan fingerprint density at radius 1 is 0.957 bits per heavy atom. The lowest BCUT2D eigenvalue weighted by Gasteiger charge is -2.20. The quantitative estimate of drug-likeness (QED) is 0.597. The first-order valence-electron chi connectivity index (χ1n) is 8.20. The first-order valence-corrected chi connectivity index (χ1v) is 8.20. The number of allylic oxidation sites excluding steroid dienone is 2. The third-order valence-corrected chi connectivity index (χ3v) is 5.89. The van der Waals surface area contributed by atoms with Crippen LogP contribution in [0.4, 0.5) is 5.69 Å². The number of amides is 2. The Morgan fingerprint density at radius 2 is 1.70 bits per heavy atom. The maximum Gasteiger partial charge on any atom is 0.238 e. The van der Waals surface area contributed by atoms with Gasteiger partial charge in [-0.3, -0.25) is 9.59 Å². The van der Waals surface area contributed by atoms with Crippen LogP contribution in [0.3, 0.4) is 0 Å². The number of nitrogens with zero attached hydrogens (tertiary/aromatic N) is 1. The van der Waals surface area contributed by atoms with E-state index in [1.165, 1.54) is 10.5 Å². The SMILES string of the molecule is CC1=C[C@@H]2C[C@H]1[C@H]1C(=O)N(c3cccc4ccccc34)C(=O)[C@@H]12. The molecule has 1 heterocycles. The van der Waals surface area contributed by atoms with E-state index in [4.69, 9.17) is 0 Å². The van der Waals surface area contributed by atoms with Crippen LogP contribution in [-0.4, -0.2) is 11.8 Å². The van der Waals surface area contributed by atoms with Crippen molar-refractivity contribution in [3.63, 3.8) is 0 Å². The summed E-state index contributed by atoms with van der Waals surface area (Å²) in [6.45, 7) is 2.10. The van der Waals surface area contributed by atoms with Crippen LogP contribution in [0.1, 0.15) is 13.3 Å². The summed E-state index contributed by atoms with van der Waals surface area (Å²) in [5.41, 5.74) is 2.03. The van der Waals surface area contributed by atoms with E-state index >= 15 is 0 Å². The smallest absolute Gasteiger partial charge is 0.238 e. The fraction of sp³-hybridized carbons (Fsp3) is 0.300. The summed E-state index contributed by atoms with van der Waals surface area (Å²) in [6, 6.07) is 13.7. The summed E-state index contributed by atoms with van der Waals surface area (Å²) >= 11 is 0. The standard InChI is InChI=1S/C20H17NO2/c1-11-9-13-10-15(11)18-17(13)19(22)21(20(18)23)16-8-4-6-12-5-2-3-7-14(12)16/h2-9,13,15,17-18H,10H2,1H3/t13-,15-,17-,18-/m1/s1. The molecule has 3 nitrogen and oxygen atoms in total. The molecule has 2 bridgehead atoms. The molecule has 1 aliphatic heterocycles. The number of hydrogen-bond acceptors (Lipinski definition) is 2. The van der Waals surface area contributed by atoms with Gasteiger partial charge < -0.3 is 0 Å². The molecule has 3 heteroatoms. The maximum absolute atomic E-state index is 13.1. The topological polar surface area (TPSA) is 37.4 Å². The van der Waals surface area contributed by atoms with E-state index < -0.39 is 0 Å². The van der Waals surface area contributed by atoms with E-state index in [1.807, 2.05) is 42.5 Å². The van der Waals surface area contributed by atoms with Crippen LogP contribution in [0.2, 0.25) is 0 Å². The first kappa shape index (κ1) is 13.1. The molecule has 0 radical (unpaired) electrons. The summed E-state index contributed by atoms with van der Waals surface area (Å²) in [5, 5.41) is 2.02. The zero-order valence-corrected chi connectivity index (χ0v) is 12.9. The van der Waals surface area contributed by atoms with Crippen molar-refractivity contribution in [3.8, 4) is 0 Å². The second kappa shape index (κ2) is 4.31. The molecule has 0 aromatic heterocycles. The van der Waals surface area contributed by atoms with Crippen LogP contribution >= 0.6 is 0 Å². The van der Waals surface area contributed by atoms with E-state index in [9.17, 15) is 9.59 Å². The average Bonchev–Trinajstić information content (AvgIpc) is 3.18. The average molecular weight is 303 g/mol. The van der Waals surface area contributed by atoms with Crippen LogP contribution < -0.4 is 4.90 Å². The molecule has 4 atom stereocenters. The lowest BCUT2D eigenvalue weighted by molar-refractivity contribution is -0.123. The van der Waals surface area contributed by atoms with E-state index in [-0.39, 0.29) is 35.5 Å². The number of carbonyl (C=O) groups excluding carboxylic acids is 2. The Morgan fingerprint density at radius 3 is 2.57 bits per heavy atom. The third kappa shape index (κ3) is 1.55. The predicted octanol–water partition coefficient (Wildman–Crippen LogP) is 3.54. The van der Waals surface area contributed by atoms with Crippen LogP contribution in [0.15, 0.2) is 54.1 Å². The lowest BCUT2D eigenvalue weighted by atomic mass is 9.82. The molecule has 1 saturated carbocycles. The molecular weight excluding hydrogens is 286 g/mol. The van der Waals surface area contributed by atoms with Crippen molar-refractivity contribution in [1.29, 1.82) is 0 Å². The molecule has 5 rings (SSSR count). The molecule has 1 saturated heterocycles. The van der Waals surface area contributed by atoms with Gasteiger partial charge in [0.1, 0.15) is 0 Å². The maximum atomic E-state index is 13.1. The molecule has 2 fully saturated rings. The molecular formula is C20H17NO2. The molecule has 23 heavy (non-hydrogen) atoms. The zero-order chi connectivity index (χ0) is 15.7. The molecule has 0 N–H and O–H groups in total. The van der Waals surface area contributed by atoms with Gasteiger partial charge in [-0.05, 0) is 36.6 Å². The van der Waals surface area contributed by atoms with Crippen molar-refractivity contribution in [2.24, 2.45) is 23.7 Å². The monoisotopic (exact) mass is 303 g/mol. The lowest BCUT2D eigenvalue weighted by Crippen LogP contribution is -2.33. The fourth-order valence-electron chi connectivity index (χ4n) is 4.92. The largest absolute Gasteiger partial charge is 0.274 e. The Balaban J connectivity index is 1.65. The highest BCUT2D eigenvalue weighted by molar-refractivity contribution is 6.25. The second-order valence-corrected chi connectivity index (χ2v) is 6.98. The van der Waals surface area contributed by atoms with Gasteiger partial charge in [0, 0.05) is 5.39 Å². The van der Waals surface area contributed by atoms with Crippen molar-refractivity contribution in [1.82, 2.24) is 0 Å². The van der Waals surface area contributed by atoms with Crippen molar-refractivity contribution >= 4 is 28.3 Å². The summed E-state index contributed by atoms with van der Waals surface area (Å²) in [5.74, 6) is 0.221. The summed E-state index contributed by atoms with van der Waals surface area (Å²) in [7, 11) is 0. The number of anilines is 1. The molecule has 3 aliphatic rings. The van der Waals surface area contributed by atoms with Crippen LogP contribution in [-0.2, 0) is 9.59 Å². The van der Waals surface area contributed by atoms with E-state index in [2.05, 4.69) is 13.0 Å². The Kier molecular flexibility index (Phi) is 2.45. The predicted molar refractivity (Wildman–Crippen MR) is 88.8 cm³/mol. The van der Waals surface area contributed by atoms with Crippen LogP contribution in [0.5, 0.6) is 0 Å². The molecule has 2 amide bonds. The van der Waals surface area contributed by atoms with Gasteiger partial charge in [-0.15, -0.1) is 0 Å². The Bertz CT molecular complexity index is 892. The van der Waals surface area contributed by atoms with Gasteiger partial charge in [0.25, 0.3) is 0 Å². The Labute approximate surface area is 134 Å². The number of hydrogen-bond donors (Lipinski definition) is 0. The van der Waals surface area contributed by atoms with Gasteiger partial charge in [-0.1, -0.05) is 48.0 Å². The number of rotatable bonds is 1. The highest BCUT2D eigenvalue weighted by atomic mass is 16.2. The molecule has 2 aliphatic carbocycles. The molecule has 0 spiro atoms. The number of benzene rings is 2. The van der Waals surface area contributed by atoms with E-state index in [0.717, 1.165) is 22.9 Å². The van der Waals surface area contributed by atoms with E-state index in [0.29, 0.717) is 0 Å². The zero-order valence-electron chi connectivity index (χ0n) is 12.9. The van der Waals surface area contributed by atoms with Gasteiger partial charge >= 0.3 is 0 Å². The highest BCUT2D eigenvalue weighted by Crippen LogP contribution is 2.56. The summed E-state index contributed by atoms with van der Waals surface area (Å²) in [6.07, 6.45) is 3.19. The molecule has 0 unspecified atom stereocenters. The van der Waals surface area contributed by atoms with Gasteiger partial charge in [-0.25, -0.2) is 4.90 Å². The number of carbonyl (C=O) groups is 2. The fourth-order valence-corrected chi connectivity index (χ4v) is 4.92. The molecule has 114 valence electrons. The van der Waals surface area contributed by atoms with Gasteiger partial charge in [0.05, 0.1) is 17.5 Å². The second-order valence-electron chi connectivity index (χ2n) is 6.98. The molecule has 2 aromatic rings. The first-order chi connectivity index (χ1) is 11.2. The highest BCUT2D eigenvalue weighted by Gasteiger charge is 2.61. The minimum atomic E-state index is -0.143. The summed E-state index contributed by atoms with van der Waals surface area (Å²) < 4.78 is 0. The van der Waals surface area contributed by atoms with Crippen molar-refractivity contribution in [3.05, 3.63) is 54.1 Å². The minimum Gasteiger partial charge on any atom is -0.274 e. The molecule has 2 aromatic carbocycles. The normalized spacial score (nSPS) is 31.9. The van der Waals surface area contributed by atoms with Crippen molar-refractivity contribution in [2.75, 3.05) is 4.90 Å². The Hall–Kier alpha value is -2.42. The number of imide groups is 1. The van der Waals surface area contributed by atoms with Crippen LogP contribution in [0.25, 0.3) is 10.8 Å². The van der Waals surface area contributed by atoms with Crippen LogP contribution in [0, 0.1) is 23.7 Å². The third-order valence-electron chi connectivity index (χ3n) is 5.89. The summed E-state index contributed by atoms with van der Waals surface area (Å²) in [4.78, 5) is 27.5. The van der Waals surface area contributed by atoms with Gasteiger partial charge in [0.15, 0.2) is 0 Å². The minimum absolute atomic E-state index is 0.00342. The van der Waals surface area contributed by atoms with Crippen molar-refractivity contribution in [2.45, 2.75) is 13.3 Å². The van der Waals surface area contributed by atoms with Gasteiger partial charge in [0.2, 0.25) is 11.8 Å². The van der Waals surface area contributed by atoms with Gasteiger partial charge in [-0.2, -0.15) is 0 Å². The number of fused-ring (bicyclic) bond motifs is 6. The van der Waals surface area contributed by atoms with Crippen molar-refractivity contribution < 1.29 is 9.59 Å².